The number of carbonyl (C=O) groups is 2. The average Bonchev–Trinajstić information content (AvgIpc) is 2.72. The molecule has 1 saturated carbocycles. The van der Waals surface area contributed by atoms with Crippen LogP contribution in [0.15, 0.2) is 0 Å². The molecule has 0 bridgehead atoms. The van der Waals surface area contributed by atoms with E-state index >= 15 is 0 Å². The summed E-state index contributed by atoms with van der Waals surface area (Å²) in [7, 11) is 0. The van der Waals surface area contributed by atoms with E-state index in [2.05, 4.69) is 5.43 Å². The standard InChI is InChI=1S/C11H18N2O2/c1-9(14)4-7-13-10(15)8-11(12-13)5-2-3-6-11/h12H,2-8H2,1H3. The Morgan fingerprint density at radius 1 is 1.47 bits per heavy atom. The molecule has 0 aromatic heterocycles. The fraction of sp³-hybridized carbons (Fsp3) is 0.818. The molecule has 0 unspecified atom stereocenters. The van der Waals surface area contributed by atoms with Gasteiger partial charge < -0.3 is 0 Å². The highest BCUT2D eigenvalue weighted by molar-refractivity contribution is 5.81. The lowest BCUT2D eigenvalue weighted by Crippen LogP contribution is -2.45. The van der Waals surface area contributed by atoms with Gasteiger partial charge in [0.15, 0.2) is 0 Å². The highest BCUT2D eigenvalue weighted by Crippen LogP contribution is 2.36. The van der Waals surface area contributed by atoms with Gasteiger partial charge in [-0.1, -0.05) is 12.8 Å². The van der Waals surface area contributed by atoms with Gasteiger partial charge in [0.1, 0.15) is 5.78 Å². The van der Waals surface area contributed by atoms with Crippen molar-refractivity contribution in [1.29, 1.82) is 0 Å². The van der Waals surface area contributed by atoms with Crippen LogP contribution >= 0.6 is 0 Å². The maximum Gasteiger partial charge on any atom is 0.238 e. The first-order valence-electron chi connectivity index (χ1n) is 5.69. The molecular weight excluding hydrogens is 192 g/mol. The summed E-state index contributed by atoms with van der Waals surface area (Å²) in [5.74, 6) is 0.287. The maximum absolute atomic E-state index is 11.7. The zero-order chi connectivity index (χ0) is 10.9. The number of hydrogen-bond donors (Lipinski definition) is 1. The van der Waals surface area contributed by atoms with Crippen LogP contribution in [0, 0.1) is 0 Å². The molecule has 2 aliphatic rings. The molecule has 2 fully saturated rings. The van der Waals surface area contributed by atoms with Crippen LogP contribution in [0.4, 0.5) is 0 Å². The number of rotatable bonds is 3. The normalized spacial score (nSPS) is 24.1. The van der Waals surface area contributed by atoms with Crippen molar-refractivity contribution < 1.29 is 9.59 Å². The van der Waals surface area contributed by atoms with Crippen LogP contribution < -0.4 is 5.43 Å². The SMILES string of the molecule is CC(=O)CCN1NC2(CCCC2)CC1=O. The predicted octanol–water partition coefficient (Wildman–Crippen LogP) is 1.02. The van der Waals surface area contributed by atoms with Gasteiger partial charge in [0.2, 0.25) is 5.91 Å². The monoisotopic (exact) mass is 210 g/mol. The van der Waals surface area contributed by atoms with Gasteiger partial charge in [0.05, 0.1) is 0 Å². The molecule has 84 valence electrons. The number of nitrogens with one attached hydrogen (secondary N) is 1. The molecule has 1 N–H and O–H groups in total. The number of nitrogens with zero attached hydrogens (tertiary/aromatic N) is 1. The summed E-state index contributed by atoms with van der Waals surface area (Å²) in [6.45, 7) is 2.09. The molecule has 0 radical (unpaired) electrons. The quantitative estimate of drug-likeness (QED) is 0.756. The Morgan fingerprint density at radius 2 is 2.13 bits per heavy atom. The van der Waals surface area contributed by atoms with E-state index in [9.17, 15) is 9.59 Å². The Bertz CT molecular complexity index is 282. The van der Waals surface area contributed by atoms with Crippen LogP contribution in [0.2, 0.25) is 0 Å². The van der Waals surface area contributed by atoms with Crippen molar-refractivity contribution in [2.24, 2.45) is 0 Å². The highest BCUT2D eigenvalue weighted by atomic mass is 16.2. The molecule has 4 heteroatoms. The first kappa shape index (κ1) is 10.6. The molecule has 1 aliphatic carbocycles. The Balaban J connectivity index is 1.92. The van der Waals surface area contributed by atoms with Gasteiger partial charge in [-0.05, 0) is 19.8 Å². The van der Waals surface area contributed by atoms with Crippen molar-refractivity contribution in [2.75, 3.05) is 6.54 Å². The molecule has 0 atom stereocenters. The molecule has 15 heavy (non-hydrogen) atoms. The summed E-state index contributed by atoms with van der Waals surface area (Å²) in [5.41, 5.74) is 3.34. The van der Waals surface area contributed by atoms with Gasteiger partial charge in [-0.25, -0.2) is 5.43 Å². The van der Waals surface area contributed by atoms with Gasteiger partial charge >= 0.3 is 0 Å². The van der Waals surface area contributed by atoms with E-state index in [1.807, 2.05) is 0 Å². The largest absolute Gasteiger partial charge is 0.300 e. The number of Topliss-reactive ketones (excluding diaryl/α,β-unsaturated/α-hetero) is 1. The lowest BCUT2D eigenvalue weighted by atomic mass is 9.96. The van der Waals surface area contributed by atoms with Crippen LogP contribution in [0.25, 0.3) is 0 Å². The van der Waals surface area contributed by atoms with Gasteiger partial charge in [-0.15, -0.1) is 0 Å². The van der Waals surface area contributed by atoms with Crippen molar-refractivity contribution in [2.45, 2.75) is 51.0 Å². The Labute approximate surface area is 90.0 Å². The lowest BCUT2D eigenvalue weighted by Gasteiger charge is -2.24. The summed E-state index contributed by atoms with van der Waals surface area (Å²) in [5, 5.41) is 1.65. The second-order valence-electron chi connectivity index (χ2n) is 4.77. The first-order valence-corrected chi connectivity index (χ1v) is 5.69. The van der Waals surface area contributed by atoms with E-state index in [0.717, 1.165) is 12.8 Å². The van der Waals surface area contributed by atoms with Crippen molar-refractivity contribution in [3.8, 4) is 0 Å². The minimum absolute atomic E-state index is 0.0356. The molecule has 0 aromatic carbocycles. The summed E-state index contributed by atoms with van der Waals surface area (Å²) in [6.07, 6.45) is 5.67. The van der Waals surface area contributed by atoms with E-state index in [0.29, 0.717) is 19.4 Å². The van der Waals surface area contributed by atoms with Crippen LogP contribution in [-0.2, 0) is 9.59 Å². The van der Waals surface area contributed by atoms with Gasteiger partial charge in [-0.2, -0.15) is 0 Å². The third-order valence-corrected chi connectivity index (χ3v) is 3.41. The van der Waals surface area contributed by atoms with Crippen molar-refractivity contribution >= 4 is 11.7 Å². The number of hydrogen-bond acceptors (Lipinski definition) is 3. The zero-order valence-electron chi connectivity index (χ0n) is 9.21. The topological polar surface area (TPSA) is 49.4 Å². The predicted molar refractivity (Wildman–Crippen MR) is 56.0 cm³/mol. The number of amides is 1. The molecule has 2 rings (SSSR count). The summed E-state index contributed by atoms with van der Waals surface area (Å²) in [4.78, 5) is 22.6. The number of carbonyl (C=O) groups excluding carboxylic acids is 2. The zero-order valence-corrected chi connectivity index (χ0v) is 9.21. The van der Waals surface area contributed by atoms with Crippen LogP contribution in [0.3, 0.4) is 0 Å². The van der Waals surface area contributed by atoms with Gasteiger partial charge in [0.25, 0.3) is 0 Å². The fourth-order valence-electron chi connectivity index (χ4n) is 2.56. The fourth-order valence-corrected chi connectivity index (χ4v) is 2.56. The third-order valence-electron chi connectivity index (χ3n) is 3.41. The summed E-state index contributed by atoms with van der Waals surface area (Å²) < 4.78 is 0. The van der Waals surface area contributed by atoms with E-state index in [4.69, 9.17) is 0 Å². The Hall–Kier alpha value is -0.900. The second kappa shape index (κ2) is 3.93. The van der Waals surface area contributed by atoms with Gasteiger partial charge in [-0.3, -0.25) is 14.6 Å². The Kier molecular flexibility index (Phi) is 2.78. The van der Waals surface area contributed by atoms with Crippen LogP contribution in [0.1, 0.15) is 45.4 Å². The molecule has 0 aromatic rings. The Morgan fingerprint density at radius 3 is 2.73 bits per heavy atom. The minimum Gasteiger partial charge on any atom is -0.300 e. The van der Waals surface area contributed by atoms with E-state index in [1.165, 1.54) is 12.8 Å². The summed E-state index contributed by atoms with van der Waals surface area (Å²) in [6, 6.07) is 0. The van der Waals surface area contributed by atoms with E-state index < -0.39 is 0 Å². The molecule has 1 amide bonds. The molecule has 1 heterocycles. The lowest BCUT2D eigenvalue weighted by molar-refractivity contribution is -0.130. The van der Waals surface area contributed by atoms with Crippen LogP contribution in [-0.4, -0.2) is 28.8 Å². The minimum atomic E-state index is 0.0356. The van der Waals surface area contributed by atoms with Crippen molar-refractivity contribution in [3.63, 3.8) is 0 Å². The number of ketones is 1. The van der Waals surface area contributed by atoms with E-state index in [1.54, 1.807) is 11.9 Å². The number of hydrazine groups is 1. The van der Waals surface area contributed by atoms with Gasteiger partial charge in [0, 0.05) is 24.9 Å². The van der Waals surface area contributed by atoms with E-state index in [-0.39, 0.29) is 17.2 Å². The highest BCUT2D eigenvalue weighted by Gasteiger charge is 2.44. The maximum atomic E-state index is 11.7. The first-order chi connectivity index (χ1) is 7.11. The average molecular weight is 210 g/mol. The molecule has 1 aliphatic heterocycles. The molecule has 1 saturated heterocycles. The van der Waals surface area contributed by atoms with Crippen molar-refractivity contribution in [1.82, 2.24) is 10.4 Å². The smallest absolute Gasteiger partial charge is 0.238 e. The molecular formula is C11H18N2O2. The second-order valence-corrected chi connectivity index (χ2v) is 4.77. The van der Waals surface area contributed by atoms with Crippen LogP contribution in [0.5, 0.6) is 0 Å². The third kappa shape index (κ3) is 2.20. The molecule has 1 spiro atoms. The molecule has 4 nitrogen and oxygen atoms in total. The van der Waals surface area contributed by atoms with Crippen molar-refractivity contribution in [3.05, 3.63) is 0 Å². The summed E-state index contributed by atoms with van der Waals surface area (Å²) >= 11 is 0.